The van der Waals surface area contributed by atoms with Crippen LogP contribution in [0.3, 0.4) is 0 Å². The van der Waals surface area contributed by atoms with E-state index in [2.05, 4.69) is 15.4 Å². The molecule has 0 radical (unpaired) electrons. The molecule has 3 rings (SSSR count). The Morgan fingerprint density at radius 3 is 2.83 bits per heavy atom. The molecular weight excluding hydrogens is 331 g/mol. The minimum atomic E-state index is -0.415. The molecule has 5 nitrogen and oxygen atoms in total. The second-order valence-electron chi connectivity index (χ2n) is 4.85. The lowest BCUT2D eigenvalue weighted by Crippen LogP contribution is -2.11. The molecule has 1 heterocycles. The SMILES string of the molecule is O=C(/C=C/c1ccccc1F)Nc1cc(Cl)ccc1-n1cncn1. The summed E-state index contributed by atoms with van der Waals surface area (Å²) in [6.07, 6.45) is 5.56. The number of hydrogen-bond acceptors (Lipinski definition) is 3. The summed E-state index contributed by atoms with van der Waals surface area (Å²) in [5.41, 5.74) is 1.41. The molecule has 0 atom stereocenters. The smallest absolute Gasteiger partial charge is 0.248 e. The van der Waals surface area contributed by atoms with E-state index < -0.39 is 11.7 Å². The van der Waals surface area contributed by atoms with Crippen LogP contribution in [0.15, 0.2) is 61.2 Å². The number of nitrogens with zero attached hydrogens (tertiary/aromatic N) is 3. The van der Waals surface area contributed by atoms with Crippen LogP contribution in [0.25, 0.3) is 11.8 Å². The maximum Gasteiger partial charge on any atom is 0.248 e. The fraction of sp³-hybridized carbons (Fsp3) is 0. The molecule has 0 aliphatic carbocycles. The van der Waals surface area contributed by atoms with Crippen molar-refractivity contribution in [3.05, 3.63) is 77.6 Å². The lowest BCUT2D eigenvalue weighted by Gasteiger charge is -2.10. The topological polar surface area (TPSA) is 59.8 Å². The van der Waals surface area contributed by atoms with Crippen LogP contribution in [-0.4, -0.2) is 20.7 Å². The second kappa shape index (κ2) is 7.06. The van der Waals surface area contributed by atoms with Crippen molar-refractivity contribution in [3.63, 3.8) is 0 Å². The van der Waals surface area contributed by atoms with E-state index in [1.165, 1.54) is 35.6 Å². The van der Waals surface area contributed by atoms with Gasteiger partial charge in [-0.1, -0.05) is 29.8 Å². The van der Waals surface area contributed by atoms with E-state index in [9.17, 15) is 9.18 Å². The standard InChI is InChI=1S/C17H12ClFN4O/c18-13-6-7-16(23-11-20-10-21-23)15(9-13)22-17(24)8-5-12-3-1-2-4-14(12)19/h1-11H,(H,22,24)/b8-5+. The minimum Gasteiger partial charge on any atom is -0.321 e. The van der Waals surface area contributed by atoms with Crippen LogP contribution < -0.4 is 5.32 Å². The quantitative estimate of drug-likeness (QED) is 0.735. The monoisotopic (exact) mass is 342 g/mol. The summed E-state index contributed by atoms with van der Waals surface area (Å²) < 4.78 is 15.1. The van der Waals surface area contributed by atoms with Gasteiger partial charge < -0.3 is 5.32 Å². The number of anilines is 1. The van der Waals surface area contributed by atoms with Gasteiger partial charge in [-0.3, -0.25) is 4.79 Å². The number of amides is 1. The van der Waals surface area contributed by atoms with Gasteiger partial charge in [0.2, 0.25) is 5.91 Å². The van der Waals surface area contributed by atoms with Gasteiger partial charge in [0.25, 0.3) is 0 Å². The molecule has 120 valence electrons. The fourth-order valence-corrected chi connectivity index (χ4v) is 2.26. The highest BCUT2D eigenvalue weighted by Crippen LogP contribution is 2.24. The third-order valence-electron chi connectivity index (χ3n) is 3.20. The first-order valence-electron chi connectivity index (χ1n) is 7.01. The minimum absolute atomic E-state index is 0.329. The fourth-order valence-electron chi connectivity index (χ4n) is 2.09. The molecule has 24 heavy (non-hydrogen) atoms. The van der Waals surface area contributed by atoms with Crippen molar-refractivity contribution in [2.75, 3.05) is 5.32 Å². The third kappa shape index (κ3) is 3.67. The molecule has 2 aromatic carbocycles. The molecule has 0 spiro atoms. The molecule has 0 unspecified atom stereocenters. The van der Waals surface area contributed by atoms with Crippen LogP contribution in [-0.2, 0) is 4.79 Å². The van der Waals surface area contributed by atoms with Crippen molar-refractivity contribution in [2.24, 2.45) is 0 Å². The average Bonchev–Trinajstić information content (AvgIpc) is 3.08. The Balaban J connectivity index is 1.82. The molecule has 0 saturated heterocycles. The zero-order valence-corrected chi connectivity index (χ0v) is 13.1. The normalized spacial score (nSPS) is 10.9. The highest BCUT2D eigenvalue weighted by molar-refractivity contribution is 6.31. The van der Waals surface area contributed by atoms with Crippen LogP contribution in [0.5, 0.6) is 0 Å². The predicted molar refractivity (Wildman–Crippen MR) is 90.4 cm³/mol. The van der Waals surface area contributed by atoms with Crippen molar-refractivity contribution < 1.29 is 9.18 Å². The number of carbonyl (C=O) groups is 1. The summed E-state index contributed by atoms with van der Waals surface area (Å²) >= 11 is 5.99. The molecule has 3 aromatic rings. The first-order chi connectivity index (χ1) is 11.6. The molecule has 7 heteroatoms. The van der Waals surface area contributed by atoms with Crippen molar-refractivity contribution in [1.82, 2.24) is 14.8 Å². The molecular formula is C17H12ClFN4O. The Morgan fingerprint density at radius 2 is 2.08 bits per heavy atom. The summed E-state index contributed by atoms with van der Waals surface area (Å²) in [4.78, 5) is 16.0. The molecule has 1 N–H and O–H groups in total. The van der Waals surface area contributed by atoms with Crippen LogP contribution in [0.4, 0.5) is 10.1 Å². The van der Waals surface area contributed by atoms with Gasteiger partial charge in [-0.05, 0) is 30.3 Å². The van der Waals surface area contributed by atoms with Gasteiger partial charge >= 0.3 is 0 Å². The van der Waals surface area contributed by atoms with Crippen molar-refractivity contribution >= 4 is 29.3 Å². The number of nitrogens with one attached hydrogen (secondary N) is 1. The summed E-state index contributed by atoms with van der Waals surface area (Å²) in [6.45, 7) is 0. The maximum absolute atomic E-state index is 13.6. The molecule has 0 bridgehead atoms. The van der Waals surface area contributed by atoms with Gasteiger partial charge in [0.1, 0.15) is 18.5 Å². The van der Waals surface area contributed by atoms with Crippen LogP contribution >= 0.6 is 11.6 Å². The Morgan fingerprint density at radius 1 is 1.25 bits per heavy atom. The van der Waals surface area contributed by atoms with Gasteiger partial charge in [-0.15, -0.1) is 0 Å². The zero-order chi connectivity index (χ0) is 16.9. The van der Waals surface area contributed by atoms with Gasteiger partial charge in [0.15, 0.2) is 0 Å². The Labute approximate surface area is 142 Å². The average molecular weight is 343 g/mol. The van der Waals surface area contributed by atoms with E-state index in [0.717, 1.165) is 0 Å². The van der Waals surface area contributed by atoms with E-state index in [1.807, 2.05) is 0 Å². The lowest BCUT2D eigenvalue weighted by atomic mass is 10.2. The van der Waals surface area contributed by atoms with Gasteiger partial charge in [0, 0.05) is 16.7 Å². The Kier molecular flexibility index (Phi) is 4.67. The Bertz CT molecular complexity index is 893. The van der Waals surface area contributed by atoms with Crippen LogP contribution in [0, 0.1) is 5.82 Å². The number of rotatable bonds is 4. The number of carbonyl (C=O) groups excluding carboxylic acids is 1. The molecule has 0 aliphatic rings. The highest BCUT2D eigenvalue weighted by Gasteiger charge is 2.09. The van der Waals surface area contributed by atoms with E-state index in [-0.39, 0.29) is 0 Å². The van der Waals surface area contributed by atoms with Gasteiger partial charge in [0.05, 0.1) is 11.4 Å². The van der Waals surface area contributed by atoms with Crippen LogP contribution in [0.1, 0.15) is 5.56 Å². The lowest BCUT2D eigenvalue weighted by molar-refractivity contribution is -0.111. The Hall–Kier alpha value is -2.99. The largest absolute Gasteiger partial charge is 0.321 e. The van der Waals surface area contributed by atoms with Crippen molar-refractivity contribution in [1.29, 1.82) is 0 Å². The number of halogens is 2. The maximum atomic E-state index is 13.6. The molecule has 0 aliphatic heterocycles. The number of benzene rings is 2. The van der Waals surface area contributed by atoms with Gasteiger partial charge in [-0.25, -0.2) is 14.1 Å². The number of hydrogen-bond donors (Lipinski definition) is 1. The summed E-state index contributed by atoms with van der Waals surface area (Å²) in [6, 6.07) is 11.2. The summed E-state index contributed by atoms with van der Waals surface area (Å²) in [5, 5.41) is 7.21. The molecule has 0 saturated carbocycles. The number of aromatic nitrogens is 3. The summed E-state index contributed by atoms with van der Waals surface area (Å²) in [7, 11) is 0. The van der Waals surface area contributed by atoms with Crippen molar-refractivity contribution in [2.45, 2.75) is 0 Å². The van der Waals surface area contributed by atoms with E-state index >= 15 is 0 Å². The predicted octanol–water partition coefficient (Wildman–Crippen LogP) is 3.71. The molecule has 0 fully saturated rings. The van der Waals surface area contributed by atoms with Crippen molar-refractivity contribution in [3.8, 4) is 5.69 Å². The van der Waals surface area contributed by atoms with Crippen LogP contribution in [0.2, 0.25) is 5.02 Å². The van der Waals surface area contributed by atoms with E-state index in [1.54, 1.807) is 36.4 Å². The van der Waals surface area contributed by atoms with E-state index in [0.29, 0.717) is 22.0 Å². The molecule has 1 amide bonds. The van der Waals surface area contributed by atoms with E-state index in [4.69, 9.17) is 11.6 Å². The third-order valence-corrected chi connectivity index (χ3v) is 3.44. The first kappa shape index (κ1) is 15.9. The first-order valence-corrected chi connectivity index (χ1v) is 7.39. The second-order valence-corrected chi connectivity index (χ2v) is 5.28. The zero-order valence-electron chi connectivity index (χ0n) is 12.4. The summed E-state index contributed by atoms with van der Waals surface area (Å²) in [5.74, 6) is -0.811. The highest BCUT2D eigenvalue weighted by atomic mass is 35.5. The molecule has 1 aromatic heterocycles. The van der Waals surface area contributed by atoms with Gasteiger partial charge in [-0.2, -0.15) is 5.10 Å².